The maximum absolute atomic E-state index is 12.0. The summed E-state index contributed by atoms with van der Waals surface area (Å²) in [6.45, 7) is 2.69. The Labute approximate surface area is 121 Å². The molecule has 0 spiro atoms. The van der Waals surface area contributed by atoms with Crippen LogP contribution in [-0.4, -0.2) is 30.9 Å². The van der Waals surface area contributed by atoms with Gasteiger partial charge in [-0.05, 0) is 25.0 Å². The molecule has 1 saturated heterocycles. The Morgan fingerprint density at radius 3 is 3.10 bits per heavy atom. The Bertz CT molecular complexity index is 583. The fourth-order valence-corrected chi connectivity index (χ4v) is 2.95. The molecule has 1 fully saturated rings. The summed E-state index contributed by atoms with van der Waals surface area (Å²) in [7, 11) is 0. The van der Waals surface area contributed by atoms with E-state index in [9.17, 15) is 9.59 Å². The summed E-state index contributed by atoms with van der Waals surface area (Å²) in [5.41, 5.74) is 6.32. The van der Waals surface area contributed by atoms with E-state index >= 15 is 0 Å². The molecule has 1 aliphatic rings. The van der Waals surface area contributed by atoms with Gasteiger partial charge in [0.05, 0.1) is 16.3 Å². The fraction of sp³-hybridized carbons (Fsp3) is 0.429. The molecule has 20 heavy (non-hydrogen) atoms. The third-order valence-corrected chi connectivity index (χ3v) is 4.19. The Kier molecular flexibility index (Phi) is 4.77. The van der Waals surface area contributed by atoms with Gasteiger partial charge in [0.25, 0.3) is 5.91 Å². The van der Waals surface area contributed by atoms with E-state index in [1.54, 1.807) is 0 Å². The molecule has 1 aliphatic heterocycles. The highest BCUT2D eigenvalue weighted by molar-refractivity contribution is 7.14. The first-order valence-electron chi connectivity index (χ1n) is 6.47. The van der Waals surface area contributed by atoms with Crippen molar-refractivity contribution in [2.75, 3.05) is 13.1 Å². The molecule has 2 amide bonds. The molecular weight excluding hydrogens is 274 g/mol. The molecule has 6 heteroatoms. The van der Waals surface area contributed by atoms with Crippen molar-refractivity contribution in [1.29, 1.82) is 0 Å². The first-order chi connectivity index (χ1) is 9.60. The zero-order chi connectivity index (χ0) is 14.5. The molecule has 0 saturated carbocycles. The molecule has 0 bridgehead atoms. The van der Waals surface area contributed by atoms with Gasteiger partial charge in [-0.15, -0.1) is 11.3 Å². The lowest BCUT2D eigenvalue weighted by Crippen LogP contribution is -2.38. The Morgan fingerprint density at radius 2 is 2.45 bits per heavy atom. The highest BCUT2D eigenvalue weighted by atomic mass is 32.1. The molecule has 1 unspecified atom stereocenters. The molecule has 1 aromatic rings. The summed E-state index contributed by atoms with van der Waals surface area (Å²) in [5, 5.41) is 5.66. The lowest BCUT2D eigenvalue weighted by molar-refractivity contribution is -0.119. The number of thiophene rings is 1. The summed E-state index contributed by atoms with van der Waals surface area (Å²) >= 11 is 1.36. The van der Waals surface area contributed by atoms with E-state index in [4.69, 9.17) is 5.73 Å². The SMILES string of the molecule is Cc1cc(C(=O)NCC2CCC(=O)N2)sc1C#CCN. The topological polar surface area (TPSA) is 84.2 Å². The molecular formula is C14H17N3O2S. The van der Waals surface area contributed by atoms with Crippen LogP contribution in [-0.2, 0) is 4.79 Å². The molecule has 2 rings (SSSR count). The quantitative estimate of drug-likeness (QED) is 0.704. The Morgan fingerprint density at radius 1 is 1.65 bits per heavy atom. The van der Waals surface area contributed by atoms with Crippen molar-refractivity contribution in [3.05, 3.63) is 21.4 Å². The lowest BCUT2D eigenvalue weighted by atomic mass is 10.2. The maximum atomic E-state index is 12.0. The zero-order valence-corrected chi connectivity index (χ0v) is 12.1. The van der Waals surface area contributed by atoms with E-state index < -0.39 is 0 Å². The average Bonchev–Trinajstić information content (AvgIpc) is 3.00. The molecule has 106 valence electrons. The second-order valence-corrected chi connectivity index (χ2v) is 5.69. The van der Waals surface area contributed by atoms with Crippen LogP contribution in [0.25, 0.3) is 0 Å². The van der Waals surface area contributed by atoms with Gasteiger partial charge in [-0.2, -0.15) is 0 Å². The number of carbonyl (C=O) groups excluding carboxylic acids is 2. The maximum Gasteiger partial charge on any atom is 0.261 e. The summed E-state index contributed by atoms with van der Waals surface area (Å²) in [6, 6.07) is 1.87. The number of nitrogens with one attached hydrogen (secondary N) is 2. The van der Waals surface area contributed by atoms with Crippen LogP contribution in [0.1, 0.15) is 33.0 Å². The van der Waals surface area contributed by atoms with Gasteiger partial charge in [0.2, 0.25) is 5.91 Å². The number of hydrogen-bond acceptors (Lipinski definition) is 4. The van der Waals surface area contributed by atoms with Gasteiger partial charge in [-0.25, -0.2) is 0 Å². The van der Waals surface area contributed by atoms with Crippen LogP contribution in [0.5, 0.6) is 0 Å². The van der Waals surface area contributed by atoms with Crippen molar-refractivity contribution < 1.29 is 9.59 Å². The van der Waals surface area contributed by atoms with Crippen LogP contribution < -0.4 is 16.4 Å². The number of nitrogens with two attached hydrogens (primary N) is 1. The van der Waals surface area contributed by atoms with Crippen LogP contribution in [0.3, 0.4) is 0 Å². The third-order valence-electron chi connectivity index (χ3n) is 3.04. The highest BCUT2D eigenvalue weighted by Gasteiger charge is 2.21. The minimum atomic E-state index is -0.125. The standard InChI is InChI=1S/C14H17N3O2S/c1-9-7-12(20-11(9)3-2-6-15)14(19)16-8-10-4-5-13(18)17-10/h7,10H,4-6,8,15H2,1H3,(H,16,19)(H,17,18). The average molecular weight is 291 g/mol. The second kappa shape index (κ2) is 6.55. The first kappa shape index (κ1) is 14.6. The smallest absolute Gasteiger partial charge is 0.261 e. The molecule has 1 aromatic heterocycles. The summed E-state index contributed by atoms with van der Waals surface area (Å²) in [5.74, 6) is 5.67. The van der Waals surface area contributed by atoms with Crippen molar-refractivity contribution in [2.24, 2.45) is 5.73 Å². The number of aryl methyl sites for hydroxylation is 1. The van der Waals surface area contributed by atoms with Gasteiger partial charge in [-0.1, -0.05) is 11.8 Å². The van der Waals surface area contributed by atoms with E-state index in [0.717, 1.165) is 16.9 Å². The van der Waals surface area contributed by atoms with Gasteiger partial charge < -0.3 is 16.4 Å². The van der Waals surface area contributed by atoms with Gasteiger partial charge >= 0.3 is 0 Å². The number of hydrogen-bond donors (Lipinski definition) is 3. The van der Waals surface area contributed by atoms with E-state index in [1.807, 2.05) is 13.0 Å². The molecule has 4 N–H and O–H groups in total. The van der Waals surface area contributed by atoms with E-state index in [1.165, 1.54) is 11.3 Å². The minimum absolute atomic E-state index is 0.0454. The first-order valence-corrected chi connectivity index (χ1v) is 7.28. The van der Waals surface area contributed by atoms with Gasteiger partial charge in [0.1, 0.15) is 0 Å². The third kappa shape index (κ3) is 3.59. The van der Waals surface area contributed by atoms with Crippen LogP contribution in [0, 0.1) is 18.8 Å². The summed E-state index contributed by atoms with van der Waals surface area (Å²) in [6.07, 6.45) is 1.31. The predicted octanol–water partition coefficient (Wildman–Crippen LogP) is 0.375. The lowest BCUT2D eigenvalue weighted by Gasteiger charge is -2.10. The van der Waals surface area contributed by atoms with Crippen LogP contribution in [0.2, 0.25) is 0 Å². The molecule has 5 nitrogen and oxygen atoms in total. The van der Waals surface area contributed by atoms with Gasteiger partial charge in [-0.3, -0.25) is 9.59 Å². The molecule has 0 aromatic carbocycles. The number of rotatable bonds is 3. The molecule has 2 heterocycles. The van der Waals surface area contributed by atoms with Crippen LogP contribution in [0.15, 0.2) is 6.07 Å². The van der Waals surface area contributed by atoms with Crippen LogP contribution in [0.4, 0.5) is 0 Å². The Hall–Kier alpha value is -1.84. The fourth-order valence-electron chi connectivity index (χ4n) is 1.98. The summed E-state index contributed by atoms with van der Waals surface area (Å²) in [4.78, 5) is 24.6. The van der Waals surface area contributed by atoms with Crippen molar-refractivity contribution >= 4 is 23.2 Å². The van der Waals surface area contributed by atoms with Crippen LogP contribution >= 0.6 is 11.3 Å². The predicted molar refractivity (Wildman–Crippen MR) is 78.5 cm³/mol. The number of amides is 2. The zero-order valence-electron chi connectivity index (χ0n) is 11.3. The minimum Gasteiger partial charge on any atom is -0.352 e. The largest absolute Gasteiger partial charge is 0.352 e. The normalized spacial score (nSPS) is 17.3. The van der Waals surface area contributed by atoms with Gasteiger partial charge in [0.15, 0.2) is 0 Å². The van der Waals surface area contributed by atoms with E-state index in [0.29, 0.717) is 24.4 Å². The van der Waals surface area contributed by atoms with Crippen molar-refractivity contribution in [1.82, 2.24) is 10.6 Å². The number of carbonyl (C=O) groups is 2. The Balaban J connectivity index is 1.94. The van der Waals surface area contributed by atoms with Crippen molar-refractivity contribution in [3.63, 3.8) is 0 Å². The van der Waals surface area contributed by atoms with Gasteiger partial charge in [0, 0.05) is 19.0 Å². The monoisotopic (exact) mass is 291 g/mol. The highest BCUT2D eigenvalue weighted by Crippen LogP contribution is 2.20. The van der Waals surface area contributed by atoms with Crippen molar-refractivity contribution in [2.45, 2.75) is 25.8 Å². The van der Waals surface area contributed by atoms with E-state index in [-0.39, 0.29) is 17.9 Å². The van der Waals surface area contributed by atoms with Crippen molar-refractivity contribution in [3.8, 4) is 11.8 Å². The summed E-state index contributed by atoms with van der Waals surface area (Å²) < 4.78 is 0. The molecule has 0 aliphatic carbocycles. The molecule has 1 atom stereocenters. The molecule has 0 radical (unpaired) electrons. The van der Waals surface area contributed by atoms with E-state index in [2.05, 4.69) is 22.5 Å². The second-order valence-electron chi connectivity index (χ2n) is 4.64.